The van der Waals surface area contributed by atoms with E-state index in [9.17, 15) is 4.79 Å². The minimum atomic E-state index is -0.464. The molecule has 128 valence electrons. The third kappa shape index (κ3) is 5.62. The summed E-state index contributed by atoms with van der Waals surface area (Å²) in [6.45, 7) is 9.59. The summed E-state index contributed by atoms with van der Waals surface area (Å²) in [5.41, 5.74) is -0.464. The van der Waals surface area contributed by atoms with Gasteiger partial charge in [0.1, 0.15) is 17.2 Å². The molecule has 0 spiro atoms. The lowest BCUT2D eigenvalue weighted by Crippen LogP contribution is -2.47. The highest BCUT2D eigenvalue weighted by Gasteiger charge is 2.27. The highest BCUT2D eigenvalue weighted by molar-refractivity contribution is 5.68. The average Bonchev–Trinajstić information content (AvgIpc) is 2.48. The van der Waals surface area contributed by atoms with E-state index in [2.05, 4.69) is 10.3 Å². The van der Waals surface area contributed by atoms with Crippen LogP contribution in [0.1, 0.15) is 40.5 Å². The van der Waals surface area contributed by atoms with E-state index in [4.69, 9.17) is 9.47 Å². The van der Waals surface area contributed by atoms with Crippen molar-refractivity contribution in [3.8, 4) is 5.75 Å². The van der Waals surface area contributed by atoms with Gasteiger partial charge in [0.2, 0.25) is 0 Å². The topological polar surface area (TPSA) is 63.7 Å². The van der Waals surface area contributed by atoms with Crippen molar-refractivity contribution in [2.45, 2.75) is 52.2 Å². The van der Waals surface area contributed by atoms with Crippen molar-refractivity contribution in [1.82, 2.24) is 9.88 Å². The molecule has 6 nitrogen and oxygen atoms in total. The van der Waals surface area contributed by atoms with Crippen molar-refractivity contribution in [1.29, 1.82) is 0 Å². The Labute approximate surface area is 138 Å². The molecule has 0 saturated carbocycles. The Morgan fingerprint density at radius 1 is 1.43 bits per heavy atom. The van der Waals surface area contributed by atoms with Crippen LogP contribution in [0.5, 0.6) is 5.75 Å². The number of carbonyl (C=O) groups excluding carboxylic acids is 1. The third-order valence-electron chi connectivity index (χ3n) is 3.47. The zero-order valence-corrected chi connectivity index (χ0v) is 14.5. The Balaban J connectivity index is 1.89. The van der Waals surface area contributed by atoms with Gasteiger partial charge in [-0.15, -0.1) is 0 Å². The molecule has 23 heavy (non-hydrogen) atoms. The van der Waals surface area contributed by atoms with Crippen LogP contribution in [0.4, 0.5) is 10.6 Å². The molecule has 2 rings (SSSR count). The van der Waals surface area contributed by atoms with Gasteiger partial charge in [-0.3, -0.25) is 0 Å². The van der Waals surface area contributed by atoms with Crippen LogP contribution in [0.25, 0.3) is 0 Å². The largest absolute Gasteiger partial charge is 0.492 e. The monoisotopic (exact) mass is 321 g/mol. The van der Waals surface area contributed by atoms with Crippen molar-refractivity contribution in [3.05, 3.63) is 18.3 Å². The Morgan fingerprint density at radius 2 is 2.22 bits per heavy atom. The number of rotatable bonds is 4. The number of carbonyl (C=O) groups is 1. The number of nitrogens with one attached hydrogen (secondary N) is 1. The van der Waals surface area contributed by atoms with Crippen molar-refractivity contribution >= 4 is 11.9 Å². The predicted molar refractivity (Wildman–Crippen MR) is 89.9 cm³/mol. The summed E-state index contributed by atoms with van der Waals surface area (Å²) in [6, 6.07) is 3.98. The van der Waals surface area contributed by atoms with Crippen LogP contribution in [0.15, 0.2) is 18.3 Å². The molecule has 1 atom stereocenters. The molecule has 1 aromatic rings. The molecule has 1 unspecified atom stereocenters. The lowest BCUT2D eigenvalue weighted by atomic mass is 10.1. The Morgan fingerprint density at radius 3 is 2.83 bits per heavy atom. The van der Waals surface area contributed by atoms with Gasteiger partial charge in [0.05, 0.1) is 12.8 Å². The molecule has 1 aliphatic rings. The maximum Gasteiger partial charge on any atom is 0.410 e. The van der Waals surface area contributed by atoms with E-state index in [0.717, 1.165) is 31.0 Å². The highest BCUT2D eigenvalue weighted by Crippen LogP contribution is 2.19. The number of anilines is 1. The fourth-order valence-electron chi connectivity index (χ4n) is 2.51. The van der Waals surface area contributed by atoms with E-state index < -0.39 is 5.60 Å². The van der Waals surface area contributed by atoms with Crippen LogP contribution in [0.3, 0.4) is 0 Å². The summed E-state index contributed by atoms with van der Waals surface area (Å²) in [7, 11) is 0. The van der Waals surface area contributed by atoms with Crippen LogP contribution in [0, 0.1) is 0 Å². The van der Waals surface area contributed by atoms with Gasteiger partial charge in [-0.1, -0.05) is 0 Å². The number of piperidine rings is 1. The van der Waals surface area contributed by atoms with E-state index >= 15 is 0 Å². The molecule has 0 aliphatic carbocycles. The zero-order chi connectivity index (χ0) is 16.9. The number of hydrogen-bond acceptors (Lipinski definition) is 5. The quantitative estimate of drug-likeness (QED) is 0.922. The summed E-state index contributed by atoms with van der Waals surface area (Å²) in [5.74, 6) is 1.56. The number of pyridine rings is 1. The molecule has 1 fully saturated rings. The number of amides is 1. The van der Waals surface area contributed by atoms with E-state index in [1.165, 1.54) is 0 Å². The minimum Gasteiger partial charge on any atom is -0.492 e. The Kier molecular flexibility index (Phi) is 5.69. The van der Waals surface area contributed by atoms with Crippen molar-refractivity contribution in [2.75, 3.05) is 25.0 Å². The summed E-state index contributed by atoms with van der Waals surface area (Å²) in [4.78, 5) is 18.3. The van der Waals surface area contributed by atoms with Crippen LogP contribution in [-0.4, -0.2) is 47.3 Å². The van der Waals surface area contributed by atoms with Crippen molar-refractivity contribution in [3.63, 3.8) is 0 Å². The lowest BCUT2D eigenvalue weighted by Gasteiger charge is -2.34. The van der Waals surface area contributed by atoms with Gasteiger partial charge in [0, 0.05) is 19.1 Å². The minimum absolute atomic E-state index is 0.182. The molecular formula is C17H27N3O3. The number of nitrogens with zero attached hydrogens (tertiary/aromatic N) is 2. The average molecular weight is 321 g/mol. The summed E-state index contributed by atoms with van der Waals surface area (Å²) >= 11 is 0. The molecule has 1 saturated heterocycles. The Bertz CT molecular complexity index is 511. The van der Waals surface area contributed by atoms with E-state index in [1.807, 2.05) is 39.8 Å². The first kappa shape index (κ1) is 17.4. The van der Waals surface area contributed by atoms with Crippen LogP contribution >= 0.6 is 0 Å². The molecule has 1 aliphatic heterocycles. The second-order valence-corrected chi connectivity index (χ2v) is 6.72. The third-order valence-corrected chi connectivity index (χ3v) is 3.47. The Hall–Kier alpha value is -1.98. The lowest BCUT2D eigenvalue weighted by molar-refractivity contribution is 0.0206. The molecule has 1 aromatic heterocycles. The van der Waals surface area contributed by atoms with E-state index in [1.54, 1.807) is 11.1 Å². The maximum atomic E-state index is 12.2. The molecule has 0 aromatic carbocycles. The van der Waals surface area contributed by atoms with Gasteiger partial charge in [0.15, 0.2) is 0 Å². The van der Waals surface area contributed by atoms with E-state index in [-0.39, 0.29) is 12.1 Å². The van der Waals surface area contributed by atoms with Gasteiger partial charge in [-0.25, -0.2) is 9.78 Å². The summed E-state index contributed by atoms with van der Waals surface area (Å²) in [5, 5.41) is 3.38. The number of likely N-dealkylation sites (tertiary alicyclic amines) is 1. The molecule has 0 radical (unpaired) electrons. The van der Waals surface area contributed by atoms with Gasteiger partial charge in [-0.05, 0) is 52.7 Å². The molecule has 1 N–H and O–H groups in total. The zero-order valence-electron chi connectivity index (χ0n) is 14.5. The first-order valence-electron chi connectivity index (χ1n) is 8.20. The van der Waals surface area contributed by atoms with Gasteiger partial charge in [0.25, 0.3) is 0 Å². The van der Waals surface area contributed by atoms with Crippen molar-refractivity contribution in [2.24, 2.45) is 0 Å². The fraction of sp³-hybridized carbons (Fsp3) is 0.647. The highest BCUT2D eigenvalue weighted by atomic mass is 16.6. The maximum absolute atomic E-state index is 12.2. The second kappa shape index (κ2) is 7.53. The smallest absolute Gasteiger partial charge is 0.410 e. The summed E-state index contributed by atoms with van der Waals surface area (Å²) < 4.78 is 10.8. The van der Waals surface area contributed by atoms with Gasteiger partial charge >= 0.3 is 6.09 Å². The second-order valence-electron chi connectivity index (χ2n) is 6.72. The first-order chi connectivity index (χ1) is 10.9. The summed E-state index contributed by atoms with van der Waals surface area (Å²) in [6.07, 6.45) is 3.42. The SMILES string of the molecule is CCOc1ccc(NC2CCCN(C(=O)OC(C)(C)C)C2)nc1. The number of ether oxygens (including phenoxy) is 2. The van der Waals surface area contributed by atoms with Crippen LogP contribution in [-0.2, 0) is 4.74 Å². The van der Waals surface area contributed by atoms with Crippen LogP contribution < -0.4 is 10.1 Å². The molecule has 2 heterocycles. The molecular weight excluding hydrogens is 294 g/mol. The molecule has 6 heteroatoms. The molecule has 1 amide bonds. The standard InChI is InChI=1S/C17H27N3O3/c1-5-22-14-8-9-15(18-11-14)19-13-7-6-10-20(12-13)16(21)23-17(2,3)4/h8-9,11,13H,5-7,10,12H2,1-4H3,(H,18,19). The number of aromatic nitrogens is 1. The van der Waals surface area contributed by atoms with Crippen molar-refractivity contribution < 1.29 is 14.3 Å². The predicted octanol–water partition coefficient (Wildman–Crippen LogP) is 3.29. The first-order valence-corrected chi connectivity index (χ1v) is 8.20. The van der Waals surface area contributed by atoms with Gasteiger partial charge in [-0.2, -0.15) is 0 Å². The fourth-order valence-corrected chi connectivity index (χ4v) is 2.51. The van der Waals surface area contributed by atoms with E-state index in [0.29, 0.717) is 13.2 Å². The molecule has 0 bridgehead atoms. The number of hydrogen-bond donors (Lipinski definition) is 1. The van der Waals surface area contributed by atoms with Crippen LogP contribution in [0.2, 0.25) is 0 Å². The van der Waals surface area contributed by atoms with Gasteiger partial charge < -0.3 is 19.7 Å². The normalized spacial score (nSPS) is 18.4.